The number of benzene rings is 1. The van der Waals surface area contributed by atoms with Crippen LogP contribution in [0.4, 0.5) is 0 Å². The first-order valence-corrected chi connectivity index (χ1v) is 17.1. The van der Waals surface area contributed by atoms with Crippen LogP contribution in [-0.2, 0) is 25.5 Å². The van der Waals surface area contributed by atoms with Crippen LogP contribution in [0.2, 0.25) is 0 Å². The first-order valence-electron chi connectivity index (χ1n) is 16.2. The molecular formula is C35H49N3O5S. The third-order valence-corrected chi connectivity index (χ3v) is 10.3. The monoisotopic (exact) mass is 623 g/mol. The van der Waals surface area contributed by atoms with Crippen molar-refractivity contribution in [2.24, 2.45) is 29.6 Å². The normalized spacial score (nSPS) is 20.9. The van der Waals surface area contributed by atoms with Crippen LogP contribution in [0.1, 0.15) is 107 Å². The highest BCUT2D eigenvalue weighted by atomic mass is 32.1. The predicted molar refractivity (Wildman–Crippen MR) is 172 cm³/mol. The number of amides is 2. The number of aromatic nitrogens is 1. The number of hydrogen-bond acceptors (Lipinski definition) is 7. The standard InChI is InChI=1S/C35H49N3O5S/c1-21(2)30(38(6)35(42)28(26-15-16-26)18-31(40)27-14-10-11-22(27)3)19-32(43-24(5)39)34-37-29(20-44-34)33(41)36-23(4)17-25-12-8-7-9-13-25/h7-9,12-13,20-23,26-28,30,32H,10-11,14-19H2,1-6H3,(H,36,41)/t22?,23-,27+,28+,30-,32-/m1/s1. The maximum absolute atomic E-state index is 14.0. The fourth-order valence-corrected chi connectivity index (χ4v) is 7.56. The Morgan fingerprint density at radius 2 is 1.77 bits per heavy atom. The molecule has 2 fully saturated rings. The van der Waals surface area contributed by atoms with E-state index in [0.717, 1.165) is 37.7 Å². The molecule has 0 radical (unpaired) electrons. The quantitative estimate of drug-likeness (QED) is 0.230. The van der Waals surface area contributed by atoms with E-state index in [0.29, 0.717) is 30.2 Å². The van der Waals surface area contributed by atoms with Gasteiger partial charge in [-0.3, -0.25) is 19.2 Å². The van der Waals surface area contributed by atoms with E-state index in [1.165, 1.54) is 18.3 Å². The second-order valence-electron chi connectivity index (χ2n) is 13.4. The molecule has 0 saturated heterocycles. The molecule has 1 heterocycles. The summed E-state index contributed by atoms with van der Waals surface area (Å²) in [6.07, 6.45) is 5.71. The van der Waals surface area contributed by atoms with E-state index in [2.05, 4.69) is 17.2 Å². The summed E-state index contributed by atoms with van der Waals surface area (Å²) < 4.78 is 5.75. The summed E-state index contributed by atoms with van der Waals surface area (Å²) in [4.78, 5) is 58.8. The van der Waals surface area contributed by atoms with Crippen LogP contribution < -0.4 is 5.32 Å². The average molecular weight is 624 g/mol. The van der Waals surface area contributed by atoms with Crippen molar-refractivity contribution in [3.05, 3.63) is 52.0 Å². The van der Waals surface area contributed by atoms with E-state index in [4.69, 9.17) is 4.74 Å². The van der Waals surface area contributed by atoms with Crippen LogP contribution in [0.25, 0.3) is 0 Å². The lowest BCUT2D eigenvalue weighted by atomic mass is 9.85. The van der Waals surface area contributed by atoms with Gasteiger partial charge in [0.2, 0.25) is 5.91 Å². The van der Waals surface area contributed by atoms with Gasteiger partial charge >= 0.3 is 5.97 Å². The Hall–Kier alpha value is -3.07. The van der Waals surface area contributed by atoms with Crippen LogP contribution in [0.15, 0.2) is 35.7 Å². The third-order valence-electron chi connectivity index (χ3n) is 9.38. The zero-order valence-corrected chi connectivity index (χ0v) is 27.9. The van der Waals surface area contributed by atoms with Crippen LogP contribution in [-0.4, -0.2) is 52.6 Å². The lowest BCUT2D eigenvalue weighted by molar-refractivity contribution is -0.149. The van der Waals surface area contributed by atoms with E-state index < -0.39 is 12.1 Å². The fourth-order valence-electron chi connectivity index (χ4n) is 6.72. The van der Waals surface area contributed by atoms with E-state index in [1.54, 1.807) is 10.3 Å². The molecule has 2 aliphatic rings. The molecule has 2 saturated carbocycles. The highest BCUT2D eigenvalue weighted by Gasteiger charge is 2.43. The third kappa shape index (κ3) is 8.99. The molecule has 2 aliphatic carbocycles. The maximum Gasteiger partial charge on any atom is 0.303 e. The lowest BCUT2D eigenvalue weighted by Gasteiger charge is -2.35. The molecule has 1 N–H and O–H groups in total. The molecule has 2 aromatic rings. The molecule has 240 valence electrons. The molecule has 0 spiro atoms. The van der Waals surface area contributed by atoms with E-state index in [9.17, 15) is 19.2 Å². The lowest BCUT2D eigenvalue weighted by Crippen LogP contribution is -2.45. The number of carbonyl (C=O) groups is 4. The van der Waals surface area contributed by atoms with Gasteiger partial charge in [0.05, 0.1) is 0 Å². The predicted octanol–water partition coefficient (Wildman–Crippen LogP) is 6.40. The van der Waals surface area contributed by atoms with Crippen molar-refractivity contribution < 1.29 is 23.9 Å². The Labute approximate surface area is 266 Å². The molecule has 1 unspecified atom stereocenters. The van der Waals surface area contributed by atoms with Gasteiger partial charge in [-0.1, -0.05) is 57.5 Å². The van der Waals surface area contributed by atoms with Gasteiger partial charge in [-0.15, -0.1) is 11.3 Å². The number of carbonyl (C=O) groups excluding carboxylic acids is 4. The van der Waals surface area contributed by atoms with Gasteiger partial charge in [-0.05, 0) is 62.3 Å². The number of esters is 1. The molecule has 44 heavy (non-hydrogen) atoms. The van der Waals surface area contributed by atoms with Gasteiger partial charge in [-0.25, -0.2) is 4.98 Å². The van der Waals surface area contributed by atoms with E-state index in [1.807, 2.05) is 58.2 Å². The zero-order valence-electron chi connectivity index (χ0n) is 27.1. The number of nitrogens with zero attached hydrogens (tertiary/aromatic N) is 2. The zero-order chi connectivity index (χ0) is 32.0. The van der Waals surface area contributed by atoms with Gasteiger partial charge in [0.25, 0.3) is 5.91 Å². The summed E-state index contributed by atoms with van der Waals surface area (Å²) in [5.74, 6) is -0.0166. The van der Waals surface area contributed by atoms with Crippen molar-refractivity contribution in [1.82, 2.24) is 15.2 Å². The van der Waals surface area contributed by atoms with Gasteiger partial charge in [0, 0.05) is 56.1 Å². The largest absolute Gasteiger partial charge is 0.455 e. The highest BCUT2D eigenvalue weighted by molar-refractivity contribution is 7.09. The summed E-state index contributed by atoms with van der Waals surface area (Å²) in [6, 6.07) is 9.63. The van der Waals surface area contributed by atoms with Crippen molar-refractivity contribution in [2.45, 2.75) is 104 Å². The van der Waals surface area contributed by atoms with Crippen LogP contribution >= 0.6 is 11.3 Å². The second-order valence-corrected chi connectivity index (χ2v) is 14.2. The minimum Gasteiger partial charge on any atom is -0.455 e. The Balaban J connectivity index is 1.44. The van der Waals surface area contributed by atoms with Crippen molar-refractivity contribution in [2.75, 3.05) is 7.05 Å². The SMILES string of the molecule is CC(=O)O[C@H](C[C@H](C(C)C)N(C)C(=O)[C@@H](CC(=O)[C@H]1CCCC1C)C1CC1)c1nc(C(=O)N[C@H](C)Cc2ccccc2)cs1. The molecule has 1 aromatic heterocycles. The Bertz CT molecular complexity index is 1290. The number of thiazole rings is 1. The van der Waals surface area contributed by atoms with Crippen molar-refractivity contribution in [3.8, 4) is 0 Å². The van der Waals surface area contributed by atoms with Gasteiger partial charge in [0.1, 0.15) is 16.5 Å². The Morgan fingerprint density at radius 1 is 1.07 bits per heavy atom. The van der Waals surface area contributed by atoms with Crippen molar-refractivity contribution in [3.63, 3.8) is 0 Å². The first kappa shape index (κ1) is 33.8. The van der Waals surface area contributed by atoms with Gasteiger partial charge < -0.3 is 15.0 Å². The topological polar surface area (TPSA) is 106 Å². The van der Waals surface area contributed by atoms with Crippen molar-refractivity contribution >= 4 is 34.9 Å². The minimum atomic E-state index is -0.705. The fraction of sp³-hybridized carbons (Fsp3) is 0.629. The van der Waals surface area contributed by atoms with Crippen LogP contribution in [0.3, 0.4) is 0 Å². The average Bonchev–Trinajstić information content (AvgIpc) is 3.52. The summed E-state index contributed by atoms with van der Waals surface area (Å²) in [5.41, 5.74) is 1.41. The Morgan fingerprint density at radius 3 is 2.36 bits per heavy atom. The number of ketones is 1. The highest BCUT2D eigenvalue weighted by Crippen LogP contribution is 2.42. The number of hydrogen-bond donors (Lipinski definition) is 1. The smallest absolute Gasteiger partial charge is 0.303 e. The number of Topliss-reactive ketones (excluding diaryl/α,β-unsaturated/α-hetero) is 1. The van der Waals surface area contributed by atoms with E-state index in [-0.39, 0.29) is 59.0 Å². The number of nitrogens with one attached hydrogen (secondary N) is 1. The second kappa shape index (κ2) is 15.3. The molecule has 8 nitrogen and oxygen atoms in total. The molecule has 0 aliphatic heterocycles. The molecule has 2 amide bonds. The number of ether oxygens (including phenoxy) is 1. The van der Waals surface area contributed by atoms with E-state index >= 15 is 0 Å². The first-order chi connectivity index (χ1) is 20.9. The van der Waals surface area contributed by atoms with Crippen molar-refractivity contribution in [1.29, 1.82) is 0 Å². The molecule has 6 atom stereocenters. The molecule has 9 heteroatoms. The molecule has 1 aromatic carbocycles. The van der Waals surface area contributed by atoms with Gasteiger partial charge in [0.15, 0.2) is 6.10 Å². The Kier molecular flexibility index (Phi) is 11.7. The molecule has 0 bridgehead atoms. The summed E-state index contributed by atoms with van der Waals surface area (Å²) in [5, 5.41) is 5.23. The molecular weight excluding hydrogens is 574 g/mol. The maximum atomic E-state index is 14.0. The summed E-state index contributed by atoms with van der Waals surface area (Å²) >= 11 is 1.28. The summed E-state index contributed by atoms with van der Waals surface area (Å²) in [7, 11) is 1.81. The van der Waals surface area contributed by atoms with Crippen LogP contribution in [0.5, 0.6) is 0 Å². The summed E-state index contributed by atoms with van der Waals surface area (Å²) in [6.45, 7) is 9.56. The van der Waals surface area contributed by atoms with Gasteiger partial charge in [-0.2, -0.15) is 0 Å². The minimum absolute atomic E-state index is 0.00150. The van der Waals surface area contributed by atoms with Crippen LogP contribution in [0, 0.1) is 29.6 Å². The number of rotatable bonds is 15. The molecule has 4 rings (SSSR count).